The number of alkyl halides is 3. The zero-order chi connectivity index (χ0) is 22.1. The number of nitrogens with zero attached hydrogens (tertiary/aromatic N) is 1. The molecule has 0 radical (unpaired) electrons. The summed E-state index contributed by atoms with van der Waals surface area (Å²) in [7, 11) is 0. The Morgan fingerprint density at radius 3 is 2.00 bits per heavy atom. The fourth-order valence-corrected chi connectivity index (χ4v) is 2.45. The number of amides is 1. The number of halogens is 3. The second-order valence-electron chi connectivity index (χ2n) is 5.98. The van der Waals surface area contributed by atoms with Gasteiger partial charge in [-0.05, 0) is 42.5 Å². The van der Waals surface area contributed by atoms with Crippen LogP contribution in [0.25, 0.3) is 11.5 Å². The first-order valence-corrected chi connectivity index (χ1v) is 8.11. The van der Waals surface area contributed by atoms with E-state index in [4.69, 9.17) is 14.6 Å². The Bertz CT molecular complexity index is 1100. The molecule has 0 aliphatic rings. The highest BCUT2D eigenvalue weighted by Gasteiger charge is 2.30. The Labute approximate surface area is 165 Å². The third-order valence-corrected chi connectivity index (χ3v) is 3.88. The van der Waals surface area contributed by atoms with Gasteiger partial charge in [0.2, 0.25) is 5.89 Å². The average molecular weight is 420 g/mol. The summed E-state index contributed by atoms with van der Waals surface area (Å²) in [5.41, 5.74) is -1.71. The van der Waals surface area contributed by atoms with Gasteiger partial charge in [0.05, 0.1) is 16.7 Å². The fourth-order valence-electron chi connectivity index (χ4n) is 2.45. The van der Waals surface area contributed by atoms with Gasteiger partial charge in [-0.1, -0.05) is 0 Å². The molecule has 3 aromatic rings. The molecular formula is C19H11F3N2O6. The SMILES string of the molecule is O=C(O)c1cc(NC(=O)c2coc(-c3ccc(C(F)(F)F)cc3)n2)cc(C(=O)O)c1. The maximum Gasteiger partial charge on any atom is 0.416 e. The van der Waals surface area contributed by atoms with Crippen LogP contribution in [0.3, 0.4) is 0 Å². The van der Waals surface area contributed by atoms with Gasteiger partial charge in [0, 0.05) is 11.3 Å². The molecule has 8 nitrogen and oxygen atoms in total. The summed E-state index contributed by atoms with van der Waals surface area (Å²) < 4.78 is 43.0. The van der Waals surface area contributed by atoms with Crippen molar-refractivity contribution in [3.63, 3.8) is 0 Å². The summed E-state index contributed by atoms with van der Waals surface area (Å²) in [6.07, 6.45) is -3.54. The van der Waals surface area contributed by atoms with Crippen LogP contribution in [0.2, 0.25) is 0 Å². The number of anilines is 1. The molecule has 3 N–H and O–H groups in total. The lowest BCUT2D eigenvalue weighted by Gasteiger charge is -2.06. The van der Waals surface area contributed by atoms with Crippen LogP contribution in [0, 0.1) is 0 Å². The normalized spacial score (nSPS) is 11.2. The number of oxazole rings is 1. The van der Waals surface area contributed by atoms with Gasteiger partial charge in [0.25, 0.3) is 5.91 Å². The van der Waals surface area contributed by atoms with Crippen LogP contribution in [-0.2, 0) is 6.18 Å². The number of carbonyl (C=O) groups is 3. The van der Waals surface area contributed by atoms with E-state index in [0.717, 1.165) is 48.7 Å². The Morgan fingerprint density at radius 1 is 0.933 bits per heavy atom. The number of aromatic nitrogens is 1. The standard InChI is InChI=1S/C19H11F3N2O6/c20-19(21,22)12-3-1-9(2-4-12)16-24-14(8-30-16)15(25)23-13-6-10(17(26)27)5-11(7-13)18(28)29/h1-8H,(H,23,25)(H,26,27)(H,28,29). The Kier molecular flexibility index (Phi) is 5.28. The molecule has 0 spiro atoms. The number of hydrogen-bond donors (Lipinski definition) is 3. The van der Waals surface area contributed by atoms with Gasteiger partial charge in [0.1, 0.15) is 6.26 Å². The molecule has 154 valence electrons. The Hall–Kier alpha value is -4.15. The van der Waals surface area contributed by atoms with Crippen LogP contribution >= 0.6 is 0 Å². The number of hydrogen-bond acceptors (Lipinski definition) is 5. The molecule has 0 aliphatic heterocycles. The number of carbonyl (C=O) groups excluding carboxylic acids is 1. The molecule has 2 aromatic carbocycles. The molecule has 0 unspecified atom stereocenters. The molecular weight excluding hydrogens is 409 g/mol. The van der Waals surface area contributed by atoms with E-state index in [1.165, 1.54) is 0 Å². The predicted molar refractivity (Wildman–Crippen MR) is 95.3 cm³/mol. The summed E-state index contributed by atoms with van der Waals surface area (Å²) in [6, 6.07) is 6.98. The maximum absolute atomic E-state index is 12.6. The van der Waals surface area contributed by atoms with Crippen molar-refractivity contribution in [2.24, 2.45) is 0 Å². The number of aromatic carboxylic acids is 2. The van der Waals surface area contributed by atoms with Gasteiger partial charge < -0.3 is 19.9 Å². The molecule has 3 rings (SSSR count). The molecule has 0 saturated heterocycles. The van der Waals surface area contributed by atoms with Crippen molar-refractivity contribution in [3.8, 4) is 11.5 Å². The molecule has 1 heterocycles. The van der Waals surface area contributed by atoms with Gasteiger partial charge in [-0.3, -0.25) is 4.79 Å². The van der Waals surface area contributed by atoms with E-state index in [9.17, 15) is 27.6 Å². The number of nitrogens with one attached hydrogen (secondary N) is 1. The van der Waals surface area contributed by atoms with Crippen molar-refractivity contribution in [1.82, 2.24) is 4.98 Å². The minimum Gasteiger partial charge on any atom is -0.478 e. The second-order valence-corrected chi connectivity index (χ2v) is 5.98. The number of carboxylic acids is 2. The molecule has 1 aromatic heterocycles. The minimum absolute atomic E-state index is 0.101. The summed E-state index contributed by atoms with van der Waals surface area (Å²) >= 11 is 0. The minimum atomic E-state index is -4.50. The molecule has 11 heteroatoms. The van der Waals surface area contributed by atoms with E-state index in [1.807, 2.05) is 0 Å². The van der Waals surface area contributed by atoms with Gasteiger partial charge >= 0.3 is 18.1 Å². The van der Waals surface area contributed by atoms with Crippen LogP contribution in [-0.4, -0.2) is 33.0 Å². The van der Waals surface area contributed by atoms with E-state index >= 15 is 0 Å². The number of carboxylic acid groups (broad SMARTS) is 2. The topological polar surface area (TPSA) is 130 Å². The first-order chi connectivity index (χ1) is 14.0. The van der Waals surface area contributed by atoms with Crippen LogP contribution < -0.4 is 5.32 Å². The lowest BCUT2D eigenvalue weighted by atomic mass is 10.1. The monoisotopic (exact) mass is 420 g/mol. The Morgan fingerprint density at radius 2 is 1.50 bits per heavy atom. The van der Waals surface area contributed by atoms with Crippen molar-refractivity contribution in [2.75, 3.05) is 5.32 Å². The highest BCUT2D eigenvalue weighted by Crippen LogP contribution is 2.30. The zero-order valence-electron chi connectivity index (χ0n) is 14.7. The lowest BCUT2D eigenvalue weighted by molar-refractivity contribution is -0.137. The number of rotatable bonds is 5. The highest BCUT2D eigenvalue weighted by atomic mass is 19.4. The molecule has 0 bridgehead atoms. The first-order valence-electron chi connectivity index (χ1n) is 8.11. The molecule has 0 saturated carbocycles. The van der Waals surface area contributed by atoms with Crippen LogP contribution in [0.15, 0.2) is 53.1 Å². The smallest absolute Gasteiger partial charge is 0.416 e. The summed E-state index contributed by atoms with van der Waals surface area (Å²) in [5.74, 6) is -3.73. The largest absolute Gasteiger partial charge is 0.478 e. The Balaban J connectivity index is 1.82. The van der Waals surface area contributed by atoms with E-state index in [2.05, 4.69) is 10.3 Å². The van der Waals surface area contributed by atoms with E-state index in [1.54, 1.807) is 0 Å². The highest BCUT2D eigenvalue weighted by molar-refractivity contribution is 6.04. The van der Waals surface area contributed by atoms with Crippen LogP contribution in [0.4, 0.5) is 18.9 Å². The van der Waals surface area contributed by atoms with E-state index in [0.29, 0.717) is 0 Å². The molecule has 0 atom stereocenters. The first kappa shape index (κ1) is 20.6. The van der Waals surface area contributed by atoms with Gasteiger partial charge in [-0.25, -0.2) is 14.6 Å². The second kappa shape index (κ2) is 7.70. The third-order valence-electron chi connectivity index (χ3n) is 3.88. The molecule has 1 amide bonds. The van der Waals surface area contributed by atoms with Gasteiger partial charge in [-0.2, -0.15) is 13.2 Å². The van der Waals surface area contributed by atoms with Crippen molar-refractivity contribution in [1.29, 1.82) is 0 Å². The summed E-state index contributed by atoms with van der Waals surface area (Å²) in [5, 5.41) is 20.4. The quantitative estimate of drug-likeness (QED) is 0.569. The van der Waals surface area contributed by atoms with Crippen molar-refractivity contribution in [3.05, 3.63) is 71.1 Å². The third kappa shape index (κ3) is 4.46. The molecule has 0 aliphatic carbocycles. The molecule has 30 heavy (non-hydrogen) atoms. The van der Waals surface area contributed by atoms with Crippen LogP contribution in [0.1, 0.15) is 36.8 Å². The van der Waals surface area contributed by atoms with Crippen LogP contribution in [0.5, 0.6) is 0 Å². The lowest BCUT2D eigenvalue weighted by Crippen LogP contribution is -2.14. The number of benzene rings is 2. The van der Waals surface area contributed by atoms with Crippen molar-refractivity contribution in [2.45, 2.75) is 6.18 Å². The van der Waals surface area contributed by atoms with Crippen molar-refractivity contribution < 1.29 is 42.2 Å². The zero-order valence-corrected chi connectivity index (χ0v) is 14.7. The fraction of sp³-hybridized carbons (Fsp3) is 0.0526. The van der Waals surface area contributed by atoms with Crippen molar-refractivity contribution >= 4 is 23.5 Å². The van der Waals surface area contributed by atoms with E-state index < -0.39 is 29.6 Å². The molecule has 0 fully saturated rings. The van der Waals surface area contributed by atoms with Gasteiger partial charge in [0.15, 0.2) is 5.69 Å². The predicted octanol–water partition coefficient (Wildman–Crippen LogP) is 4.01. The van der Waals surface area contributed by atoms with E-state index in [-0.39, 0.29) is 34.0 Å². The average Bonchev–Trinajstić information content (AvgIpc) is 3.17. The van der Waals surface area contributed by atoms with Gasteiger partial charge in [-0.15, -0.1) is 0 Å². The summed E-state index contributed by atoms with van der Waals surface area (Å²) in [6.45, 7) is 0. The summed E-state index contributed by atoms with van der Waals surface area (Å²) in [4.78, 5) is 38.5. The maximum atomic E-state index is 12.6.